The summed E-state index contributed by atoms with van der Waals surface area (Å²) in [5.74, 6) is -0.0756. The lowest BCUT2D eigenvalue weighted by molar-refractivity contribution is 0.102. The van der Waals surface area contributed by atoms with E-state index < -0.39 is 0 Å². The Morgan fingerprint density at radius 1 is 1.09 bits per heavy atom. The van der Waals surface area contributed by atoms with Crippen LogP contribution in [0, 0.1) is 0 Å². The van der Waals surface area contributed by atoms with E-state index in [1.807, 2.05) is 48.5 Å². The van der Waals surface area contributed by atoms with Gasteiger partial charge < -0.3 is 15.0 Å². The van der Waals surface area contributed by atoms with Crippen LogP contribution in [-0.4, -0.2) is 32.2 Å². The zero-order valence-electron chi connectivity index (χ0n) is 13.4. The van der Waals surface area contributed by atoms with Crippen molar-refractivity contribution in [3.63, 3.8) is 0 Å². The highest BCUT2D eigenvalue weighted by molar-refractivity contribution is 6.06. The number of carbonyl (C=O) groups is 1. The van der Waals surface area contributed by atoms with Crippen molar-refractivity contribution < 1.29 is 9.53 Å². The fraction of sp³-hybridized carbons (Fsp3) is 0.316. The molecule has 1 aliphatic heterocycles. The largest absolute Gasteiger partial charge is 0.378 e. The summed E-state index contributed by atoms with van der Waals surface area (Å²) in [4.78, 5) is 14.7. The van der Waals surface area contributed by atoms with Crippen molar-refractivity contribution in [1.29, 1.82) is 0 Å². The topological polar surface area (TPSA) is 41.6 Å². The van der Waals surface area contributed by atoms with Crippen molar-refractivity contribution in [3.8, 4) is 0 Å². The summed E-state index contributed by atoms with van der Waals surface area (Å²) < 4.78 is 5.40. The zero-order chi connectivity index (χ0) is 16.1. The fourth-order valence-electron chi connectivity index (χ4n) is 2.75. The van der Waals surface area contributed by atoms with E-state index in [9.17, 15) is 4.79 Å². The van der Waals surface area contributed by atoms with E-state index in [1.54, 1.807) is 0 Å². The van der Waals surface area contributed by atoms with Crippen LogP contribution in [0.25, 0.3) is 0 Å². The number of aryl methyl sites for hydroxylation is 1. The molecule has 3 rings (SSSR count). The maximum atomic E-state index is 12.5. The third kappa shape index (κ3) is 3.71. The number of morpholine rings is 1. The molecular formula is C19H22N2O2. The second-order valence-electron chi connectivity index (χ2n) is 5.62. The number of amides is 1. The lowest BCUT2D eigenvalue weighted by atomic mass is 10.1. The van der Waals surface area contributed by atoms with Crippen LogP contribution in [0.15, 0.2) is 48.5 Å². The summed E-state index contributed by atoms with van der Waals surface area (Å²) in [6, 6.07) is 15.7. The molecule has 0 aromatic heterocycles. The highest BCUT2D eigenvalue weighted by atomic mass is 16.5. The zero-order valence-corrected chi connectivity index (χ0v) is 13.4. The number of carbonyl (C=O) groups excluding carboxylic acids is 1. The van der Waals surface area contributed by atoms with Gasteiger partial charge in [-0.3, -0.25) is 4.79 Å². The molecule has 4 nitrogen and oxygen atoms in total. The molecule has 1 amide bonds. The third-order valence-electron chi connectivity index (χ3n) is 4.13. The number of anilines is 2. The molecule has 120 valence electrons. The van der Waals surface area contributed by atoms with Crippen molar-refractivity contribution in [2.24, 2.45) is 0 Å². The first-order valence-corrected chi connectivity index (χ1v) is 8.10. The Labute approximate surface area is 137 Å². The number of rotatable bonds is 4. The maximum Gasteiger partial charge on any atom is 0.255 e. The Hall–Kier alpha value is -2.33. The molecule has 0 radical (unpaired) electrons. The van der Waals surface area contributed by atoms with Gasteiger partial charge in [0.15, 0.2) is 0 Å². The molecule has 0 aliphatic carbocycles. The molecule has 2 aromatic carbocycles. The van der Waals surface area contributed by atoms with Crippen LogP contribution in [0.1, 0.15) is 22.8 Å². The van der Waals surface area contributed by atoms with Gasteiger partial charge in [-0.15, -0.1) is 0 Å². The SMILES string of the molecule is CCc1ccc(C(=O)Nc2ccccc2N2CCOCC2)cc1. The van der Waals surface area contributed by atoms with E-state index in [2.05, 4.69) is 17.1 Å². The van der Waals surface area contributed by atoms with Crippen molar-refractivity contribution >= 4 is 17.3 Å². The smallest absolute Gasteiger partial charge is 0.255 e. The Kier molecular flexibility index (Phi) is 4.93. The second-order valence-corrected chi connectivity index (χ2v) is 5.62. The minimum absolute atomic E-state index is 0.0756. The fourth-order valence-corrected chi connectivity index (χ4v) is 2.75. The number of benzene rings is 2. The average molecular weight is 310 g/mol. The summed E-state index contributed by atoms with van der Waals surface area (Å²) in [7, 11) is 0. The van der Waals surface area contributed by atoms with E-state index >= 15 is 0 Å². The summed E-state index contributed by atoms with van der Waals surface area (Å²) in [5.41, 5.74) is 3.81. The van der Waals surface area contributed by atoms with Crippen molar-refractivity contribution in [1.82, 2.24) is 0 Å². The molecule has 0 spiro atoms. The summed E-state index contributed by atoms with van der Waals surface area (Å²) in [6.45, 7) is 5.24. The maximum absolute atomic E-state index is 12.5. The molecule has 1 saturated heterocycles. The quantitative estimate of drug-likeness (QED) is 0.942. The molecule has 0 atom stereocenters. The minimum Gasteiger partial charge on any atom is -0.378 e. The van der Waals surface area contributed by atoms with Crippen molar-refractivity contribution in [2.75, 3.05) is 36.5 Å². The second kappa shape index (κ2) is 7.29. The van der Waals surface area contributed by atoms with Crippen LogP contribution < -0.4 is 10.2 Å². The predicted octanol–water partition coefficient (Wildman–Crippen LogP) is 3.34. The summed E-state index contributed by atoms with van der Waals surface area (Å²) in [6.07, 6.45) is 0.974. The lowest BCUT2D eigenvalue weighted by Gasteiger charge is -2.30. The van der Waals surface area contributed by atoms with Gasteiger partial charge >= 0.3 is 0 Å². The van der Waals surface area contributed by atoms with E-state index in [4.69, 9.17) is 4.74 Å². The lowest BCUT2D eigenvalue weighted by Crippen LogP contribution is -2.36. The van der Waals surface area contributed by atoms with Gasteiger partial charge in [0, 0.05) is 18.7 Å². The van der Waals surface area contributed by atoms with Crippen LogP contribution in [0.4, 0.5) is 11.4 Å². The molecule has 1 aliphatic rings. The van der Waals surface area contributed by atoms with Gasteiger partial charge in [0.2, 0.25) is 0 Å². The van der Waals surface area contributed by atoms with Gasteiger partial charge in [0.05, 0.1) is 24.6 Å². The standard InChI is InChI=1S/C19H22N2O2/c1-2-15-7-9-16(10-8-15)19(22)20-17-5-3-4-6-18(17)21-11-13-23-14-12-21/h3-10H,2,11-14H2,1H3,(H,20,22). The Balaban J connectivity index is 1.77. The van der Waals surface area contributed by atoms with Gasteiger partial charge in [-0.1, -0.05) is 31.2 Å². The van der Waals surface area contributed by atoms with Crippen LogP contribution in [-0.2, 0) is 11.2 Å². The molecule has 23 heavy (non-hydrogen) atoms. The minimum atomic E-state index is -0.0756. The molecular weight excluding hydrogens is 288 g/mol. The van der Waals surface area contributed by atoms with Crippen LogP contribution in [0.2, 0.25) is 0 Å². The number of hydrogen-bond donors (Lipinski definition) is 1. The van der Waals surface area contributed by atoms with E-state index in [1.165, 1.54) is 5.56 Å². The van der Waals surface area contributed by atoms with Crippen LogP contribution in [0.5, 0.6) is 0 Å². The van der Waals surface area contributed by atoms with Gasteiger partial charge in [-0.2, -0.15) is 0 Å². The Morgan fingerprint density at radius 3 is 2.48 bits per heavy atom. The number of nitrogens with one attached hydrogen (secondary N) is 1. The van der Waals surface area contributed by atoms with Crippen molar-refractivity contribution in [2.45, 2.75) is 13.3 Å². The molecule has 2 aromatic rings. The number of para-hydroxylation sites is 2. The van der Waals surface area contributed by atoms with Crippen molar-refractivity contribution in [3.05, 3.63) is 59.7 Å². The molecule has 1 fully saturated rings. The number of ether oxygens (including phenoxy) is 1. The first-order chi connectivity index (χ1) is 11.3. The normalized spacial score (nSPS) is 14.6. The molecule has 4 heteroatoms. The highest BCUT2D eigenvalue weighted by Gasteiger charge is 2.16. The van der Waals surface area contributed by atoms with Crippen LogP contribution >= 0.6 is 0 Å². The predicted molar refractivity (Wildman–Crippen MR) is 93.2 cm³/mol. The molecule has 0 unspecified atom stereocenters. The van der Waals surface area contributed by atoms with Gasteiger partial charge in [-0.05, 0) is 36.2 Å². The molecule has 1 heterocycles. The van der Waals surface area contributed by atoms with E-state index in [0.29, 0.717) is 5.56 Å². The Bertz CT molecular complexity index is 661. The van der Waals surface area contributed by atoms with E-state index in [0.717, 1.165) is 44.1 Å². The van der Waals surface area contributed by atoms with Gasteiger partial charge in [0.25, 0.3) is 5.91 Å². The third-order valence-corrected chi connectivity index (χ3v) is 4.13. The first-order valence-electron chi connectivity index (χ1n) is 8.10. The monoisotopic (exact) mass is 310 g/mol. The highest BCUT2D eigenvalue weighted by Crippen LogP contribution is 2.26. The molecule has 0 bridgehead atoms. The van der Waals surface area contributed by atoms with E-state index in [-0.39, 0.29) is 5.91 Å². The number of nitrogens with zero attached hydrogens (tertiary/aromatic N) is 1. The summed E-state index contributed by atoms with van der Waals surface area (Å²) >= 11 is 0. The van der Waals surface area contributed by atoms with Crippen LogP contribution in [0.3, 0.4) is 0 Å². The summed E-state index contributed by atoms with van der Waals surface area (Å²) in [5, 5.41) is 3.04. The number of hydrogen-bond acceptors (Lipinski definition) is 3. The molecule has 0 saturated carbocycles. The van der Waals surface area contributed by atoms with Gasteiger partial charge in [0.1, 0.15) is 0 Å². The first kappa shape index (κ1) is 15.6. The molecule has 1 N–H and O–H groups in total. The van der Waals surface area contributed by atoms with Gasteiger partial charge in [-0.25, -0.2) is 0 Å². The Morgan fingerprint density at radius 2 is 1.78 bits per heavy atom. The average Bonchev–Trinajstić information content (AvgIpc) is 2.63.